The van der Waals surface area contributed by atoms with Gasteiger partial charge in [-0.1, -0.05) is 19.8 Å². The van der Waals surface area contributed by atoms with E-state index in [1.807, 2.05) is 6.92 Å². The molecule has 1 N–H and O–H groups in total. The Morgan fingerprint density at radius 3 is 2.35 bits per heavy atom. The third kappa shape index (κ3) is 4.22. The number of hydrogen-bond donors (Lipinski definition) is 1. The fourth-order valence-electron chi connectivity index (χ4n) is 2.91. The molecule has 0 spiro atoms. The van der Waals surface area contributed by atoms with E-state index in [1.54, 1.807) is 0 Å². The van der Waals surface area contributed by atoms with Crippen LogP contribution in [0.2, 0.25) is 0 Å². The van der Waals surface area contributed by atoms with E-state index in [2.05, 4.69) is 56.2 Å². The Bertz CT molecular complexity index is 433. The van der Waals surface area contributed by atoms with Gasteiger partial charge in [-0.2, -0.15) is 0 Å². The third-order valence-electron chi connectivity index (χ3n) is 4.04. The highest BCUT2D eigenvalue weighted by atomic mass is 79.9. The highest BCUT2D eigenvalue weighted by Gasteiger charge is 2.27. The average Bonchev–Trinajstić information content (AvgIpc) is 2.81. The number of benzene rings is 1. The zero-order chi connectivity index (χ0) is 14.6. The second kappa shape index (κ2) is 7.28. The molecular weight excluding hydrogens is 382 g/mol. The smallest absolute Gasteiger partial charge is 0.147 e. The molecule has 0 aliphatic heterocycles. The van der Waals surface area contributed by atoms with E-state index in [-0.39, 0.29) is 0 Å². The van der Waals surface area contributed by atoms with Gasteiger partial charge in [0.2, 0.25) is 0 Å². The number of rotatable bonds is 6. The van der Waals surface area contributed by atoms with Gasteiger partial charge in [-0.15, -0.1) is 0 Å². The van der Waals surface area contributed by atoms with Gasteiger partial charge in [0.15, 0.2) is 0 Å². The Morgan fingerprint density at radius 1 is 1.20 bits per heavy atom. The van der Waals surface area contributed by atoms with Gasteiger partial charge >= 0.3 is 0 Å². The number of halogens is 2. The molecule has 1 aromatic carbocycles. The SMILES string of the molecule is CCOc1c(Br)cc(CNCC2(C)CCCC2)cc1Br. The van der Waals surface area contributed by atoms with Crippen molar-refractivity contribution in [2.75, 3.05) is 13.2 Å². The number of hydrogen-bond acceptors (Lipinski definition) is 2. The lowest BCUT2D eigenvalue weighted by atomic mass is 9.89. The van der Waals surface area contributed by atoms with E-state index in [1.165, 1.54) is 31.2 Å². The van der Waals surface area contributed by atoms with Gasteiger partial charge in [0.25, 0.3) is 0 Å². The highest BCUT2D eigenvalue weighted by Crippen LogP contribution is 2.37. The highest BCUT2D eigenvalue weighted by molar-refractivity contribution is 9.11. The molecular formula is C16H23Br2NO. The second-order valence-electron chi connectivity index (χ2n) is 5.94. The lowest BCUT2D eigenvalue weighted by molar-refractivity contribution is 0.314. The van der Waals surface area contributed by atoms with Crippen LogP contribution in [0.5, 0.6) is 5.75 Å². The molecule has 2 nitrogen and oxygen atoms in total. The van der Waals surface area contributed by atoms with Crippen molar-refractivity contribution in [3.63, 3.8) is 0 Å². The van der Waals surface area contributed by atoms with Crippen LogP contribution in [0.4, 0.5) is 0 Å². The maximum Gasteiger partial charge on any atom is 0.147 e. The lowest BCUT2D eigenvalue weighted by Crippen LogP contribution is -2.29. The summed E-state index contributed by atoms with van der Waals surface area (Å²) >= 11 is 7.17. The van der Waals surface area contributed by atoms with Crippen LogP contribution in [-0.2, 0) is 6.54 Å². The van der Waals surface area contributed by atoms with Gasteiger partial charge in [0.1, 0.15) is 5.75 Å². The van der Waals surface area contributed by atoms with Gasteiger partial charge in [-0.3, -0.25) is 0 Å². The maximum absolute atomic E-state index is 5.61. The summed E-state index contributed by atoms with van der Waals surface area (Å²) in [6.07, 6.45) is 5.49. The monoisotopic (exact) mass is 403 g/mol. The molecule has 1 fully saturated rings. The molecule has 1 aliphatic carbocycles. The molecule has 112 valence electrons. The van der Waals surface area contributed by atoms with Crippen LogP contribution in [0.25, 0.3) is 0 Å². The van der Waals surface area contributed by atoms with Crippen molar-refractivity contribution in [1.82, 2.24) is 5.32 Å². The van der Waals surface area contributed by atoms with Crippen LogP contribution in [0.3, 0.4) is 0 Å². The maximum atomic E-state index is 5.61. The third-order valence-corrected chi connectivity index (χ3v) is 5.22. The first-order valence-electron chi connectivity index (χ1n) is 7.35. The van der Waals surface area contributed by atoms with Crippen LogP contribution in [0, 0.1) is 5.41 Å². The van der Waals surface area contributed by atoms with E-state index in [0.717, 1.165) is 27.8 Å². The van der Waals surface area contributed by atoms with Crippen molar-refractivity contribution in [2.45, 2.75) is 46.1 Å². The average molecular weight is 405 g/mol. The molecule has 0 amide bonds. The summed E-state index contributed by atoms with van der Waals surface area (Å²) in [6, 6.07) is 4.28. The quantitative estimate of drug-likeness (QED) is 0.696. The van der Waals surface area contributed by atoms with Gasteiger partial charge in [0, 0.05) is 13.1 Å². The van der Waals surface area contributed by atoms with Gasteiger partial charge in [-0.25, -0.2) is 0 Å². The van der Waals surface area contributed by atoms with Crippen LogP contribution in [-0.4, -0.2) is 13.2 Å². The van der Waals surface area contributed by atoms with Crippen molar-refractivity contribution in [1.29, 1.82) is 0 Å². The Labute approximate surface area is 138 Å². The summed E-state index contributed by atoms with van der Waals surface area (Å²) in [4.78, 5) is 0. The molecule has 0 atom stereocenters. The minimum Gasteiger partial charge on any atom is -0.492 e. The van der Waals surface area contributed by atoms with Gasteiger partial charge < -0.3 is 10.1 Å². The largest absolute Gasteiger partial charge is 0.492 e. The molecule has 2 rings (SSSR count). The molecule has 0 saturated heterocycles. The lowest BCUT2D eigenvalue weighted by Gasteiger charge is -2.24. The Balaban J connectivity index is 1.93. The van der Waals surface area contributed by atoms with Crippen LogP contribution >= 0.6 is 31.9 Å². The zero-order valence-electron chi connectivity index (χ0n) is 12.3. The fourth-order valence-corrected chi connectivity index (χ4v) is 4.42. The van der Waals surface area contributed by atoms with Crippen LogP contribution in [0.15, 0.2) is 21.1 Å². The Hall–Kier alpha value is -0.0600. The van der Waals surface area contributed by atoms with E-state index in [4.69, 9.17) is 4.74 Å². The second-order valence-corrected chi connectivity index (χ2v) is 7.65. The predicted octanol–water partition coefficient (Wildman–Crippen LogP) is 5.28. The van der Waals surface area contributed by atoms with E-state index in [9.17, 15) is 0 Å². The summed E-state index contributed by atoms with van der Waals surface area (Å²) in [5.74, 6) is 0.888. The number of nitrogens with one attached hydrogen (secondary N) is 1. The molecule has 1 aromatic rings. The minimum atomic E-state index is 0.500. The normalized spacial score (nSPS) is 17.4. The van der Waals surface area contributed by atoms with Gasteiger partial charge in [0.05, 0.1) is 15.6 Å². The van der Waals surface area contributed by atoms with Crippen molar-refractivity contribution >= 4 is 31.9 Å². The fraction of sp³-hybridized carbons (Fsp3) is 0.625. The van der Waals surface area contributed by atoms with Crippen molar-refractivity contribution in [3.8, 4) is 5.75 Å². The molecule has 0 bridgehead atoms. The first-order chi connectivity index (χ1) is 9.54. The molecule has 0 radical (unpaired) electrons. The summed E-state index contributed by atoms with van der Waals surface area (Å²) in [5, 5.41) is 3.61. The van der Waals surface area contributed by atoms with E-state index in [0.29, 0.717) is 12.0 Å². The van der Waals surface area contributed by atoms with Gasteiger partial charge in [-0.05, 0) is 74.7 Å². The molecule has 0 heterocycles. The first-order valence-corrected chi connectivity index (χ1v) is 8.94. The van der Waals surface area contributed by atoms with Crippen molar-refractivity contribution in [2.24, 2.45) is 5.41 Å². The van der Waals surface area contributed by atoms with Crippen molar-refractivity contribution in [3.05, 3.63) is 26.6 Å². The minimum absolute atomic E-state index is 0.500. The summed E-state index contributed by atoms with van der Waals surface area (Å²) in [5.41, 5.74) is 1.77. The Morgan fingerprint density at radius 2 is 1.80 bits per heavy atom. The van der Waals surface area contributed by atoms with Crippen molar-refractivity contribution < 1.29 is 4.74 Å². The summed E-state index contributed by atoms with van der Waals surface area (Å²) in [6.45, 7) is 7.08. The summed E-state index contributed by atoms with van der Waals surface area (Å²) in [7, 11) is 0. The Kier molecular flexibility index (Phi) is 5.94. The first kappa shape index (κ1) is 16.3. The molecule has 0 aromatic heterocycles. The molecule has 1 aliphatic rings. The molecule has 4 heteroatoms. The molecule has 1 saturated carbocycles. The molecule has 20 heavy (non-hydrogen) atoms. The van der Waals surface area contributed by atoms with E-state index < -0.39 is 0 Å². The topological polar surface area (TPSA) is 21.3 Å². The van der Waals surface area contributed by atoms with E-state index >= 15 is 0 Å². The summed E-state index contributed by atoms with van der Waals surface area (Å²) < 4.78 is 7.63. The number of ether oxygens (including phenoxy) is 1. The predicted molar refractivity (Wildman–Crippen MR) is 91.3 cm³/mol. The van der Waals surface area contributed by atoms with Crippen LogP contribution < -0.4 is 10.1 Å². The zero-order valence-corrected chi connectivity index (χ0v) is 15.4. The molecule has 0 unspecified atom stereocenters. The standard InChI is InChI=1S/C16H23Br2NO/c1-3-20-15-13(17)8-12(9-14(15)18)10-19-11-16(2)6-4-5-7-16/h8-9,19H,3-7,10-11H2,1-2H3. The van der Waals surface area contributed by atoms with Crippen LogP contribution in [0.1, 0.15) is 45.1 Å².